The van der Waals surface area contributed by atoms with E-state index in [2.05, 4.69) is 69.0 Å². The van der Waals surface area contributed by atoms with Gasteiger partial charge in [0.05, 0.1) is 0 Å². The summed E-state index contributed by atoms with van der Waals surface area (Å²) in [6.45, 7) is 7.44. The number of piperazine rings is 1. The van der Waals surface area contributed by atoms with Gasteiger partial charge in [0, 0.05) is 56.3 Å². The van der Waals surface area contributed by atoms with E-state index in [1.165, 1.54) is 5.56 Å². The van der Waals surface area contributed by atoms with Gasteiger partial charge < -0.3 is 10.6 Å². The zero-order valence-corrected chi connectivity index (χ0v) is 14.7. The number of halogens is 1. The molecule has 1 aromatic carbocycles. The molecule has 21 heavy (non-hydrogen) atoms. The van der Waals surface area contributed by atoms with Gasteiger partial charge in [0.25, 0.3) is 0 Å². The third-order valence-electron chi connectivity index (χ3n) is 4.17. The molecule has 1 aromatic rings. The number of rotatable bonds is 6. The molecule has 0 amide bonds. The van der Waals surface area contributed by atoms with Gasteiger partial charge in [-0.05, 0) is 31.8 Å². The highest BCUT2D eigenvalue weighted by molar-refractivity contribution is 9.10. The summed E-state index contributed by atoms with van der Waals surface area (Å²) in [7, 11) is 4.27. The second-order valence-electron chi connectivity index (χ2n) is 5.99. The molecule has 1 fully saturated rings. The Hall–Kier alpha value is -0.460. The molecule has 1 saturated heterocycles. The van der Waals surface area contributed by atoms with E-state index < -0.39 is 0 Å². The Morgan fingerprint density at radius 3 is 2.52 bits per heavy atom. The number of benzene rings is 1. The molecule has 0 spiro atoms. The maximum Gasteiger partial charge on any atom is 0.0471 e. The number of nitrogens with zero attached hydrogens (tertiary/aromatic N) is 3. The van der Waals surface area contributed by atoms with E-state index in [1.54, 1.807) is 0 Å². The van der Waals surface area contributed by atoms with E-state index in [0.717, 1.165) is 43.7 Å². The lowest BCUT2D eigenvalue weighted by molar-refractivity contribution is 0.0940. The Kier molecular flexibility index (Phi) is 6.64. The number of nitrogens with two attached hydrogens (primary N) is 1. The third-order valence-corrected chi connectivity index (χ3v) is 4.66. The minimum absolute atomic E-state index is 0.332. The van der Waals surface area contributed by atoms with Gasteiger partial charge in [-0.2, -0.15) is 0 Å². The van der Waals surface area contributed by atoms with Gasteiger partial charge in [-0.1, -0.05) is 28.1 Å². The summed E-state index contributed by atoms with van der Waals surface area (Å²) in [6, 6.07) is 8.86. The van der Waals surface area contributed by atoms with Crippen LogP contribution in [0.4, 0.5) is 0 Å². The maximum atomic E-state index is 6.04. The second kappa shape index (κ2) is 8.25. The Bertz CT molecular complexity index is 430. The van der Waals surface area contributed by atoms with Crippen LogP contribution in [-0.4, -0.2) is 74.6 Å². The van der Waals surface area contributed by atoms with Crippen LogP contribution in [0.25, 0.3) is 0 Å². The molecule has 118 valence electrons. The van der Waals surface area contributed by atoms with Crippen molar-refractivity contribution < 1.29 is 0 Å². The molecule has 0 saturated carbocycles. The van der Waals surface area contributed by atoms with Gasteiger partial charge in [0.1, 0.15) is 0 Å². The van der Waals surface area contributed by atoms with E-state index >= 15 is 0 Å². The van der Waals surface area contributed by atoms with Gasteiger partial charge in [-0.25, -0.2) is 0 Å². The molecule has 1 atom stereocenters. The largest absolute Gasteiger partial charge is 0.329 e. The summed E-state index contributed by atoms with van der Waals surface area (Å²) >= 11 is 3.56. The number of hydrogen-bond acceptors (Lipinski definition) is 4. The van der Waals surface area contributed by atoms with E-state index in [0.29, 0.717) is 12.6 Å². The lowest BCUT2D eigenvalue weighted by atomic mass is 10.0. The summed E-state index contributed by atoms with van der Waals surface area (Å²) in [5.74, 6) is 0. The minimum atomic E-state index is 0.332. The van der Waals surface area contributed by atoms with Crippen LogP contribution in [0.2, 0.25) is 0 Å². The van der Waals surface area contributed by atoms with Crippen LogP contribution in [0.5, 0.6) is 0 Å². The summed E-state index contributed by atoms with van der Waals surface area (Å²) in [4.78, 5) is 7.31. The van der Waals surface area contributed by atoms with Gasteiger partial charge in [-0.3, -0.25) is 9.80 Å². The molecular formula is C16H27BrN4. The molecule has 0 aliphatic carbocycles. The van der Waals surface area contributed by atoms with Gasteiger partial charge >= 0.3 is 0 Å². The van der Waals surface area contributed by atoms with E-state index in [-0.39, 0.29) is 0 Å². The monoisotopic (exact) mass is 354 g/mol. The van der Waals surface area contributed by atoms with Crippen LogP contribution in [-0.2, 0) is 0 Å². The average molecular weight is 355 g/mol. The molecular weight excluding hydrogens is 328 g/mol. The standard InChI is InChI=1S/C16H27BrN4/c1-19(2)6-7-20-8-10-21(11-9-20)16(13-18)14-4-3-5-15(17)12-14/h3-5,12,16H,6-11,13,18H2,1-2H3. The van der Waals surface area contributed by atoms with Crippen molar-refractivity contribution in [2.75, 3.05) is 59.9 Å². The Morgan fingerprint density at radius 1 is 1.24 bits per heavy atom. The first kappa shape index (κ1) is 16.9. The Balaban J connectivity index is 1.90. The molecule has 1 unspecified atom stereocenters. The van der Waals surface area contributed by atoms with Crippen molar-refractivity contribution in [3.8, 4) is 0 Å². The first-order valence-corrected chi connectivity index (χ1v) is 8.46. The van der Waals surface area contributed by atoms with Gasteiger partial charge in [-0.15, -0.1) is 0 Å². The molecule has 4 nitrogen and oxygen atoms in total. The zero-order chi connectivity index (χ0) is 15.2. The second-order valence-corrected chi connectivity index (χ2v) is 6.90. The highest BCUT2D eigenvalue weighted by atomic mass is 79.9. The third kappa shape index (κ3) is 5.04. The van der Waals surface area contributed by atoms with E-state index in [9.17, 15) is 0 Å². The van der Waals surface area contributed by atoms with Crippen LogP contribution in [0.15, 0.2) is 28.7 Å². The molecule has 1 aliphatic heterocycles. The van der Waals surface area contributed by atoms with Crippen molar-refractivity contribution in [1.82, 2.24) is 14.7 Å². The topological polar surface area (TPSA) is 35.7 Å². The van der Waals surface area contributed by atoms with Crippen LogP contribution < -0.4 is 5.73 Å². The predicted octanol–water partition coefficient (Wildman–Crippen LogP) is 1.63. The van der Waals surface area contributed by atoms with Crippen molar-refractivity contribution in [2.45, 2.75) is 6.04 Å². The fourth-order valence-corrected chi connectivity index (χ4v) is 3.27. The molecule has 0 aromatic heterocycles. The fourth-order valence-electron chi connectivity index (χ4n) is 2.85. The molecule has 0 bridgehead atoms. The molecule has 1 heterocycles. The quantitative estimate of drug-likeness (QED) is 0.842. The number of likely N-dealkylation sites (N-methyl/N-ethyl adjacent to an activating group) is 1. The van der Waals surface area contributed by atoms with E-state index in [4.69, 9.17) is 5.73 Å². The van der Waals surface area contributed by atoms with Crippen molar-refractivity contribution >= 4 is 15.9 Å². The fraction of sp³-hybridized carbons (Fsp3) is 0.625. The Morgan fingerprint density at radius 2 is 1.95 bits per heavy atom. The maximum absolute atomic E-state index is 6.04. The lowest BCUT2D eigenvalue weighted by Crippen LogP contribution is -2.50. The van der Waals surface area contributed by atoms with Gasteiger partial charge in [0.2, 0.25) is 0 Å². The minimum Gasteiger partial charge on any atom is -0.329 e. The Labute approximate surface area is 137 Å². The number of hydrogen-bond donors (Lipinski definition) is 1. The highest BCUT2D eigenvalue weighted by Crippen LogP contribution is 2.23. The van der Waals surface area contributed by atoms with Gasteiger partial charge in [0.15, 0.2) is 0 Å². The summed E-state index contributed by atoms with van der Waals surface area (Å²) in [5.41, 5.74) is 7.36. The van der Waals surface area contributed by atoms with Crippen molar-refractivity contribution in [2.24, 2.45) is 5.73 Å². The van der Waals surface area contributed by atoms with Crippen LogP contribution in [0.3, 0.4) is 0 Å². The molecule has 1 aliphatic rings. The molecule has 2 N–H and O–H groups in total. The van der Waals surface area contributed by atoms with Crippen LogP contribution in [0.1, 0.15) is 11.6 Å². The molecule has 2 rings (SSSR count). The smallest absolute Gasteiger partial charge is 0.0471 e. The summed E-state index contributed by atoms with van der Waals surface area (Å²) in [5, 5.41) is 0. The SMILES string of the molecule is CN(C)CCN1CCN(C(CN)c2cccc(Br)c2)CC1. The van der Waals surface area contributed by atoms with Crippen molar-refractivity contribution in [3.63, 3.8) is 0 Å². The average Bonchev–Trinajstić information content (AvgIpc) is 2.47. The molecule has 5 heteroatoms. The van der Waals surface area contributed by atoms with Crippen molar-refractivity contribution in [1.29, 1.82) is 0 Å². The zero-order valence-electron chi connectivity index (χ0n) is 13.1. The summed E-state index contributed by atoms with van der Waals surface area (Å²) < 4.78 is 1.13. The van der Waals surface area contributed by atoms with Crippen molar-refractivity contribution in [3.05, 3.63) is 34.3 Å². The van der Waals surface area contributed by atoms with E-state index in [1.807, 2.05) is 0 Å². The normalized spacial score (nSPS) is 19.1. The summed E-state index contributed by atoms with van der Waals surface area (Å²) in [6.07, 6.45) is 0. The predicted molar refractivity (Wildman–Crippen MR) is 92.5 cm³/mol. The lowest BCUT2D eigenvalue weighted by Gasteiger charge is -2.39. The van der Waals surface area contributed by atoms with Crippen LogP contribution >= 0.6 is 15.9 Å². The highest BCUT2D eigenvalue weighted by Gasteiger charge is 2.24. The first-order valence-electron chi connectivity index (χ1n) is 7.67. The van der Waals surface area contributed by atoms with Crippen LogP contribution in [0, 0.1) is 0 Å². The molecule has 0 radical (unpaired) electrons. The first-order chi connectivity index (χ1) is 10.1.